The van der Waals surface area contributed by atoms with Gasteiger partial charge in [-0.2, -0.15) is 4.98 Å². The number of piperidine rings is 1. The van der Waals surface area contributed by atoms with Crippen LogP contribution in [0.25, 0.3) is 11.0 Å². The van der Waals surface area contributed by atoms with E-state index in [4.69, 9.17) is 9.72 Å². The predicted octanol–water partition coefficient (Wildman–Crippen LogP) is 4.02. The van der Waals surface area contributed by atoms with Gasteiger partial charge in [0, 0.05) is 75.7 Å². The van der Waals surface area contributed by atoms with E-state index in [9.17, 15) is 19.5 Å². The van der Waals surface area contributed by atoms with Crippen LogP contribution >= 0.6 is 0 Å². The van der Waals surface area contributed by atoms with Crippen LogP contribution in [-0.4, -0.2) is 108 Å². The first kappa shape index (κ1) is 34.6. The summed E-state index contributed by atoms with van der Waals surface area (Å²) in [5.74, 6) is 0.270. The Balaban J connectivity index is 1.31. The van der Waals surface area contributed by atoms with E-state index in [0.29, 0.717) is 65.5 Å². The normalized spacial score (nSPS) is 17.8. The Kier molecular flexibility index (Phi) is 9.56. The Bertz CT molecular complexity index is 2110. The van der Waals surface area contributed by atoms with Crippen LogP contribution in [0, 0.1) is 0 Å². The van der Waals surface area contributed by atoms with Crippen molar-refractivity contribution < 1.29 is 19.4 Å². The van der Waals surface area contributed by atoms with Gasteiger partial charge in [0.1, 0.15) is 28.5 Å². The van der Waals surface area contributed by atoms with Gasteiger partial charge in [-0.1, -0.05) is 19.2 Å². The second-order valence-corrected chi connectivity index (χ2v) is 13.3. The Morgan fingerprint density at radius 3 is 2.52 bits per heavy atom. The SMILES string of the molecule is C=CC(=O)N1CCC[C@@H](n2c(=O)c(N3CCN(C(=O)C=C)c4c(O)cccc43)cc3cnc(Nc4ccc(N5CCN(C)CC5)cc4OC)nc32)C1. The van der Waals surface area contributed by atoms with Crippen LogP contribution in [0.5, 0.6) is 11.5 Å². The minimum atomic E-state index is -0.389. The number of hydrogen-bond donors (Lipinski definition) is 2. The lowest BCUT2D eigenvalue weighted by Crippen LogP contribution is -2.45. The smallest absolute Gasteiger partial charge is 0.276 e. The number of aromatic hydroxyl groups is 1. The molecule has 3 aliphatic rings. The fraction of sp³-hybridized carbons (Fsp3) is 0.342. The highest BCUT2D eigenvalue weighted by Crippen LogP contribution is 2.43. The maximum atomic E-state index is 14.8. The number of fused-ring (bicyclic) bond motifs is 2. The van der Waals surface area contributed by atoms with Gasteiger partial charge in [0.05, 0.1) is 24.5 Å². The summed E-state index contributed by atoms with van der Waals surface area (Å²) in [5.41, 5.74) is 2.97. The number of likely N-dealkylation sites (N-methyl/N-ethyl adjacent to an activating group) is 1. The number of hydrogen-bond acceptors (Lipinski definition) is 11. The number of carbonyl (C=O) groups excluding carboxylic acids is 2. The van der Waals surface area contributed by atoms with Crippen LogP contribution in [0.2, 0.25) is 0 Å². The number of rotatable bonds is 8. The van der Waals surface area contributed by atoms with Crippen molar-refractivity contribution >= 4 is 57.2 Å². The van der Waals surface area contributed by atoms with E-state index >= 15 is 0 Å². The molecule has 1 atom stereocenters. The molecule has 3 aliphatic heterocycles. The fourth-order valence-electron chi connectivity index (χ4n) is 7.38. The molecular weight excluding hydrogens is 662 g/mol. The summed E-state index contributed by atoms with van der Waals surface area (Å²) in [4.78, 5) is 59.5. The number of benzene rings is 2. The first-order valence-corrected chi connectivity index (χ1v) is 17.5. The van der Waals surface area contributed by atoms with E-state index < -0.39 is 0 Å². The van der Waals surface area contributed by atoms with Gasteiger partial charge >= 0.3 is 0 Å². The minimum Gasteiger partial charge on any atom is -0.506 e. The standard InChI is InChI=1S/C38H43N9O5/c1-5-33(49)44-14-8-9-27(24-44)47-36-25(21-30(37(47)51)45-19-20-46(34(50)6-2)35-29(45)10-7-11-31(35)48)23-39-38(41-36)40-28-13-12-26(22-32(28)52-4)43-17-15-42(3)16-18-43/h5-7,10-13,21-23,27,48H,1-2,8-9,14-20,24H2,3-4H3,(H,39,40,41)/t27-/m1/s1. The summed E-state index contributed by atoms with van der Waals surface area (Å²) >= 11 is 0. The van der Waals surface area contributed by atoms with Gasteiger partial charge in [0.25, 0.3) is 11.5 Å². The first-order valence-electron chi connectivity index (χ1n) is 17.5. The Labute approximate surface area is 301 Å². The van der Waals surface area contributed by atoms with Gasteiger partial charge in [0.15, 0.2) is 0 Å². The molecule has 0 unspecified atom stereocenters. The van der Waals surface area contributed by atoms with Crippen molar-refractivity contribution in [2.75, 3.05) is 86.5 Å². The zero-order valence-electron chi connectivity index (χ0n) is 29.5. The van der Waals surface area contributed by atoms with Crippen LogP contribution < -0.4 is 30.3 Å². The molecule has 4 aromatic rings. The van der Waals surface area contributed by atoms with Crippen molar-refractivity contribution in [3.05, 3.63) is 84.3 Å². The average molecular weight is 706 g/mol. The molecule has 2 saturated heterocycles. The lowest BCUT2D eigenvalue weighted by atomic mass is 10.0. The van der Waals surface area contributed by atoms with Crippen molar-refractivity contribution in [3.63, 3.8) is 0 Å². The third kappa shape index (κ3) is 6.41. The summed E-state index contributed by atoms with van der Waals surface area (Å²) in [6.07, 6.45) is 5.50. The van der Waals surface area contributed by atoms with E-state index in [0.717, 1.165) is 31.9 Å². The third-order valence-electron chi connectivity index (χ3n) is 10.1. The fourth-order valence-corrected chi connectivity index (χ4v) is 7.38. The number of ether oxygens (including phenoxy) is 1. The largest absolute Gasteiger partial charge is 0.506 e. The van der Waals surface area contributed by atoms with Gasteiger partial charge in [-0.15, -0.1) is 0 Å². The average Bonchev–Trinajstić information content (AvgIpc) is 3.17. The van der Waals surface area contributed by atoms with Crippen LogP contribution in [0.15, 0.2) is 78.8 Å². The van der Waals surface area contributed by atoms with E-state index in [2.05, 4.69) is 40.3 Å². The number of para-hydroxylation sites is 1. The molecule has 14 heteroatoms. The lowest BCUT2D eigenvalue weighted by Gasteiger charge is -2.38. The van der Waals surface area contributed by atoms with E-state index in [1.54, 1.807) is 41.0 Å². The second kappa shape index (κ2) is 14.4. The highest BCUT2D eigenvalue weighted by atomic mass is 16.5. The Hall–Kier alpha value is -5.89. The van der Waals surface area contributed by atoms with E-state index in [1.165, 1.54) is 23.1 Å². The molecule has 0 radical (unpaired) electrons. The number of phenolic OH excluding ortho intramolecular Hbond substituents is 1. The van der Waals surface area contributed by atoms with Crippen LogP contribution in [0.1, 0.15) is 18.9 Å². The molecule has 2 aromatic carbocycles. The van der Waals surface area contributed by atoms with Crippen molar-refractivity contribution in [2.24, 2.45) is 0 Å². The molecule has 2 aromatic heterocycles. The molecule has 52 heavy (non-hydrogen) atoms. The summed E-state index contributed by atoms with van der Waals surface area (Å²) in [5, 5.41) is 14.8. The maximum Gasteiger partial charge on any atom is 0.276 e. The number of carbonyl (C=O) groups is 2. The van der Waals surface area contributed by atoms with E-state index in [-0.39, 0.29) is 48.2 Å². The first-order chi connectivity index (χ1) is 25.2. The monoisotopic (exact) mass is 705 g/mol. The quantitative estimate of drug-likeness (QED) is 0.257. The molecule has 7 rings (SSSR count). The maximum absolute atomic E-state index is 14.8. The van der Waals surface area contributed by atoms with Gasteiger partial charge in [0.2, 0.25) is 11.9 Å². The van der Waals surface area contributed by atoms with Crippen molar-refractivity contribution in [3.8, 4) is 11.5 Å². The number of pyridine rings is 1. The van der Waals surface area contributed by atoms with Gasteiger partial charge < -0.3 is 39.7 Å². The number of piperazine rings is 1. The molecule has 270 valence electrons. The van der Waals surface area contributed by atoms with Gasteiger partial charge in [-0.05, 0) is 62.4 Å². The molecular formula is C38H43N9O5. The third-order valence-corrected chi connectivity index (χ3v) is 10.1. The van der Waals surface area contributed by atoms with Crippen molar-refractivity contribution in [1.82, 2.24) is 24.3 Å². The lowest BCUT2D eigenvalue weighted by molar-refractivity contribution is -0.127. The second-order valence-electron chi connectivity index (χ2n) is 13.3. The summed E-state index contributed by atoms with van der Waals surface area (Å²) in [7, 11) is 3.75. The Morgan fingerprint density at radius 2 is 1.77 bits per heavy atom. The molecule has 0 bridgehead atoms. The molecule has 2 amide bonds. The molecule has 2 fully saturated rings. The Morgan fingerprint density at radius 1 is 0.981 bits per heavy atom. The number of likely N-dealkylation sites (tertiary alicyclic amines) is 1. The van der Waals surface area contributed by atoms with Gasteiger partial charge in [-0.25, -0.2) is 4.98 Å². The molecule has 14 nitrogen and oxygen atoms in total. The summed E-state index contributed by atoms with van der Waals surface area (Å²) in [6, 6.07) is 12.3. The molecule has 2 N–H and O–H groups in total. The summed E-state index contributed by atoms with van der Waals surface area (Å²) < 4.78 is 7.44. The number of methoxy groups -OCH3 is 1. The molecule has 0 saturated carbocycles. The summed E-state index contributed by atoms with van der Waals surface area (Å²) in [6.45, 7) is 12.5. The number of aromatic nitrogens is 3. The van der Waals surface area contributed by atoms with E-state index in [1.807, 2.05) is 23.1 Å². The molecule has 5 heterocycles. The molecule has 0 spiro atoms. The van der Waals surface area contributed by atoms with Gasteiger partial charge in [-0.3, -0.25) is 19.0 Å². The highest BCUT2D eigenvalue weighted by Gasteiger charge is 2.33. The van der Waals surface area contributed by atoms with Crippen LogP contribution in [0.3, 0.4) is 0 Å². The predicted molar refractivity (Wildman–Crippen MR) is 202 cm³/mol. The number of nitrogens with zero attached hydrogens (tertiary/aromatic N) is 8. The zero-order chi connectivity index (χ0) is 36.5. The number of anilines is 6. The van der Waals surface area contributed by atoms with Crippen molar-refractivity contribution in [1.29, 1.82) is 0 Å². The van der Waals surface area contributed by atoms with Crippen molar-refractivity contribution in [2.45, 2.75) is 18.9 Å². The highest BCUT2D eigenvalue weighted by molar-refractivity contribution is 6.06. The minimum absolute atomic E-state index is 0.0876. The zero-order valence-corrected chi connectivity index (χ0v) is 29.5. The number of nitrogens with one attached hydrogen (secondary N) is 1. The van der Waals surface area contributed by atoms with Crippen LogP contribution in [0.4, 0.5) is 34.4 Å². The topological polar surface area (TPSA) is 140 Å². The van der Waals surface area contributed by atoms with Crippen LogP contribution in [-0.2, 0) is 9.59 Å². The molecule has 0 aliphatic carbocycles. The number of amides is 2. The number of phenols is 1.